The highest BCUT2D eigenvalue weighted by atomic mass is 35.5. The van der Waals surface area contributed by atoms with Crippen molar-refractivity contribution in [3.05, 3.63) is 58.6 Å². The van der Waals surface area contributed by atoms with Gasteiger partial charge in [0.05, 0.1) is 29.6 Å². The van der Waals surface area contributed by atoms with Crippen LogP contribution in [0.25, 0.3) is 27.2 Å². The molecule has 0 amide bonds. The highest BCUT2D eigenvalue weighted by Gasteiger charge is 2.27. The first-order valence-corrected chi connectivity index (χ1v) is 12.4. The lowest BCUT2D eigenvalue weighted by Gasteiger charge is -2.21. The van der Waals surface area contributed by atoms with Gasteiger partial charge in [-0.05, 0) is 43.0 Å². The number of rotatable bonds is 5. The van der Waals surface area contributed by atoms with E-state index >= 15 is 0 Å². The Morgan fingerprint density at radius 2 is 1.97 bits per heavy atom. The fourth-order valence-electron chi connectivity index (χ4n) is 4.06. The van der Waals surface area contributed by atoms with Gasteiger partial charge in [-0.15, -0.1) is 0 Å². The molecule has 4 aromatic rings. The van der Waals surface area contributed by atoms with Crippen LogP contribution in [-0.2, 0) is 4.74 Å². The van der Waals surface area contributed by atoms with Gasteiger partial charge in [0.25, 0.3) is 0 Å². The van der Waals surface area contributed by atoms with Gasteiger partial charge in [0.15, 0.2) is 16.6 Å². The topological polar surface area (TPSA) is 69.0 Å². The lowest BCUT2D eigenvalue weighted by Crippen LogP contribution is -2.11. The molecule has 180 valence electrons. The number of aromatic nitrogens is 5. The number of hydrogen-bond donors (Lipinski definition) is 0. The van der Waals surface area contributed by atoms with Crippen LogP contribution in [0.5, 0.6) is 0 Å². The number of hydrogen-bond acceptors (Lipinski definition) is 7. The average molecular weight is 515 g/mol. The molecule has 4 heterocycles. The number of benzene rings is 1. The molecule has 1 saturated carbocycles. The molecule has 11 heteroatoms. The standard InChI is InChI=1S/C24H21ClF2N6OS/c1-32(2)24-31-23-21(35-24)20(15-8-18(27)16(25)9-17(15)26)29-22(30-23)12-5-6-34-19(7-12)13-10-28-33(11-13)14-3-4-14/h7-11,14,19H,3-6H2,1-2H3/t19-/m1/s1. The van der Waals surface area contributed by atoms with Crippen molar-refractivity contribution < 1.29 is 13.5 Å². The number of anilines is 1. The summed E-state index contributed by atoms with van der Waals surface area (Å²) < 4.78 is 37.8. The van der Waals surface area contributed by atoms with E-state index < -0.39 is 11.6 Å². The molecule has 35 heavy (non-hydrogen) atoms. The lowest BCUT2D eigenvalue weighted by molar-refractivity contribution is 0.0825. The van der Waals surface area contributed by atoms with Gasteiger partial charge in [-0.25, -0.2) is 18.7 Å². The Bertz CT molecular complexity index is 1480. The summed E-state index contributed by atoms with van der Waals surface area (Å²) in [5, 5.41) is 4.87. The van der Waals surface area contributed by atoms with E-state index in [4.69, 9.17) is 26.3 Å². The van der Waals surface area contributed by atoms with Gasteiger partial charge in [-0.2, -0.15) is 10.1 Å². The molecule has 1 fully saturated rings. The highest BCUT2D eigenvalue weighted by Crippen LogP contribution is 2.39. The molecule has 1 aromatic carbocycles. The molecule has 1 atom stereocenters. The van der Waals surface area contributed by atoms with Crippen molar-refractivity contribution in [1.82, 2.24) is 24.7 Å². The zero-order valence-electron chi connectivity index (χ0n) is 19.0. The molecule has 6 rings (SSSR count). The third kappa shape index (κ3) is 4.19. The molecule has 1 aliphatic heterocycles. The normalized spacial score (nSPS) is 18.2. The van der Waals surface area contributed by atoms with Gasteiger partial charge < -0.3 is 9.64 Å². The molecule has 0 N–H and O–H groups in total. The van der Waals surface area contributed by atoms with E-state index in [0.717, 1.165) is 36.1 Å². The first kappa shape index (κ1) is 22.5. The zero-order valence-corrected chi connectivity index (χ0v) is 20.6. The van der Waals surface area contributed by atoms with Gasteiger partial charge >= 0.3 is 0 Å². The van der Waals surface area contributed by atoms with E-state index in [0.29, 0.717) is 40.4 Å². The molecule has 0 spiro atoms. The van der Waals surface area contributed by atoms with E-state index in [9.17, 15) is 8.78 Å². The molecule has 0 bridgehead atoms. The first-order chi connectivity index (χ1) is 16.9. The van der Waals surface area contributed by atoms with E-state index in [2.05, 4.69) is 10.1 Å². The van der Waals surface area contributed by atoms with Crippen LogP contribution in [0.1, 0.15) is 42.8 Å². The predicted octanol–water partition coefficient (Wildman–Crippen LogP) is 5.83. The second-order valence-corrected chi connectivity index (χ2v) is 10.3. The van der Waals surface area contributed by atoms with E-state index in [1.54, 1.807) is 0 Å². The number of ether oxygens (including phenoxy) is 1. The predicted molar refractivity (Wildman–Crippen MR) is 132 cm³/mol. The summed E-state index contributed by atoms with van der Waals surface area (Å²) in [4.78, 5) is 15.9. The quantitative estimate of drug-likeness (QED) is 0.312. The van der Waals surface area contributed by atoms with E-state index in [1.807, 2.05) is 42.1 Å². The molecule has 1 aliphatic carbocycles. The van der Waals surface area contributed by atoms with Crippen LogP contribution in [0.3, 0.4) is 0 Å². The van der Waals surface area contributed by atoms with Crippen molar-refractivity contribution >= 4 is 44.0 Å². The fourth-order valence-corrected chi connectivity index (χ4v) is 5.14. The summed E-state index contributed by atoms with van der Waals surface area (Å²) in [7, 11) is 3.73. The monoisotopic (exact) mass is 514 g/mol. The molecule has 2 aliphatic rings. The van der Waals surface area contributed by atoms with Crippen molar-refractivity contribution in [2.45, 2.75) is 31.4 Å². The Balaban J connectivity index is 1.47. The average Bonchev–Trinajstić information content (AvgIpc) is 3.40. The van der Waals surface area contributed by atoms with Gasteiger partial charge in [0, 0.05) is 31.4 Å². The van der Waals surface area contributed by atoms with Gasteiger partial charge in [0.2, 0.25) is 0 Å². The van der Waals surface area contributed by atoms with Gasteiger partial charge in [-0.3, -0.25) is 4.68 Å². The molecule has 7 nitrogen and oxygen atoms in total. The summed E-state index contributed by atoms with van der Waals surface area (Å²) >= 11 is 7.12. The maximum atomic E-state index is 15.0. The third-order valence-electron chi connectivity index (χ3n) is 6.07. The smallest absolute Gasteiger partial charge is 0.187 e. The van der Waals surface area contributed by atoms with Crippen molar-refractivity contribution in [3.8, 4) is 11.3 Å². The summed E-state index contributed by atoms with van der Waals surface area (Å²) in [6.45, 7) is 0.478. The van der Waals surface area contributed by atoms with Crippen LogP contribution in [0.2, 0.25) is 5.02 Å². The van der Waals surface area contributed by atoms with Gasteiger partial charge in [0.1, 0.15) is 22.4 Å². The van der Waals surface area contributed by atoms with E-state index in [-0.39, 0.29) is 22.4 Å². The second kappa shape index (κ2) is 8.61. The maximum absolute atomic E-state index is 15.0. The summed E-state index contributed by atoms with van der Waals surface area (Å²) in [6, 6.07) is 2.52. The Morgan fingerprint density at radius 1 is 1.14 bits per heavy atom. The molecule has 0 unspecified atom stereocenters. The SMILES string of the molecule is CN(C)c1nc2nc(C3=C[C@H](c4cnn(C5CC5)c4)OCC3)nc(-c3cc(F)c(Cl)cc3F)c2s1. The van der Waals surface area contributed by atoms with Crippen LogP contribution < -0.4 is 4.90 Å². The Morgan fingerprint density at radius 3 is 2.74 bits per heavy atom. The molecule has 0 radical (unpaired) electrons. The Hall–Kier alpha value is -2.95. The van der Waals surface area contributed by atoms with Crippen molar-refractivity contribution in [3.63, 3.8) is 0 Å². The van der Waals surface area contributed by atoms with E-state index in [1.165, 1.54) is 11.3 Å². The Labute approximate surface area is 209 Å². The summed E-state index contributed by atoms with van der Waals surface area (Å²) in [6.07, 6.45) is 8.41. The number of thiazole rings is 1. The number of fused-ring (bicyclic) bond motifs is 1. The maximum Gasteiger partial charge on any atom is 0.187 e. The van der Waals surface area contributed by atoms with Crippen LogP contribution in [-0.4, -0.2) is 45.4 Å². The number of halogens is 3. The highest BCUT2D eigenvalue weighted by molar-refractivity contribution is 7.22. The van der Waals surface area contributed by atoms with Crippen molar-refractivity contribution in [1.29, 1.82) is 0 Å². The third-order valence-corrected chi connectivity index (χ3v) is 7.58. The molecule has 0 saturated heterocycles. The number of nitrogens with zero attached hydrogens (tertiary/aromatic N) is 6. The largest absolute Gasteiger partial charge is 0.369 e. The molecular formula is C24H21ClF2N6OS. The minimum atomic E-state index is -0.716. The van der Waals surface area contributed by atoms with Crippen molar-refractivity contribution in [2.24, 2.45) is 0 Å². The minimum Gasteiger partial charge on any atom is -0.369 e. The fraction of sp³-hybridized carbons (Fsp3) is 0.333. The molecular weight excluding hydrogens is 494 g/mol. The summed E-state index contributed by atoms with van der Waals surface area (Å²) in [5.74, 6) is -0.957. The van der Waals surface area contributed by atoms with Crippen LogP contribution >= 0.6 is 22.9 Å². The van der Waals surface area contributed by atoms with Gasteiger partial charge in [-0.1, -0.05) is 22.9 Å². The van der Waals surface area contributed by atoms with Crippen LogP contribution in [0, 0.1) is 11.6 Å². The second-order valence-electron chi connectivity index (χ2n) is 8.90. The molecule has 3 aromatic heterocycles. The lowest BCUT2D eigenvalue weighted by atomic mass is 10.0. The minimum absolute atomic E-state index is 0.0180. The van der Waals surface area contributed by atoms with Crippen LogP contribution in [0.15, 0.2) is 30.6 Å². The summed E-state index contributed by atoms with van der Waals surface area (Å²) in [5.41, 5.74) is 2.56. The zero-order chi connectivity index (χ0) is 24.3. The van der Waals surface area contributed by atoms with Crippen LogP contribution in [0.4, 0.5) is 13.9 Å². The van der Waals surface area contributed by atoms with Crippen molar-refractivity contribution in [2.75, 3.05) is 25.6 Å². The first-order valence-electron chi connectivity index (χ1n) is 11.2. The Kier molecular flexibility index (Phi) is 5.54.